The first-order valence-corrected chi connectivity index (χ1v) is 6.90. The van der Waals surface area contributed by atoms with Crippen molar-refractivity contribution in [1.29, 1.82) is 0 Å². The Bertz CT molecular complexity index is 525. The molecule has 0 saturated heterocycles. The zero-order chi connectivity index (χ0) is 12.1. The van der Waals surface area contributed by atoms with Crippen LogP contribution in [0, 0.1) is 0 Å². The van der Waals surface area contributed by atoms with Gasteiger partial charge in [0.2, 0.25) is 0 Å². The lowest BCUT2D eigenvalue weighted by Crippen LogP contribution is -1.78. The second-order valence-electron chi connectivity index (χ2n) is 3.31. The van der Waals surface area contributed by atoms with E-state index in [0.717, 1.165) is 20.0 Å². The second-order valence-corrected chi connectivity index (χ2v) is 5.46. The molecule has 0 bridgehead atoms. The minimum atomic E-state index is 0.727. The molecule has 0 aliphatic heterocycles. The summed E-state index contributed by atoms with van der Waals surface area (Å²) in [6.45, 7) is 0. The van der Waals surface area contributed by atoms with Crippen LogP contribution >= 0.6 is 39.5 Å². The molecule has 0 radical (unpaired) electrons. The normalized spacial score (nSPS) is 10.9. The molecular weight excluding hydrogens is 318 g/mol. The molecule has 0 fully saturated rings. The van der Waals surface area contributed by atoms with E-state index >= 15 is 0 Å². The molecule has 2 aromatic rings. The predicted octanol–water partition coefficient (Wildman–Crippen LogP) is 5.23. The molecular formula is C13H9BrClNS. The SMILES string of the molecule is Clc1ccccc1S/N=C/c1ccc(Br)cc1. The summed E-state index contributed by atoms with van der Waals surface area (Å²) in [6.07, 6.45) is 1.82. The van der Waals surface area contributed by atoms with Gasteiger partial charge in [-0.05, 0) is 29.8 Å². The van der Waals surface area contributed by atoms with Crippen molar-refractivity contribution < 1.29 is 0 Å². The fourth-order valence-corrected chi connectivity index (χ4v) is 2.30. The van der Waals surface area contributed by atoms with Crippen LogP contribution in [0.15, 0.2) is 62.3 Å². The summed E-state index contributed by atoms with van der Waals surface area (Å²) in [7, 11) is 0. The van der Waals surface area contributed by atoms with Gasteiger partial charge >= 0.3 is 0 Å². The van der Waals surface area contributed by atoms with Crippen molar-refractivity contribution in [3.63, 3.8) is 0 Å². The van der Waals surface area contributed by atoms with Gasteiger partial charge in [-0.15, -0.1) is 0 Å². The lowest BCUT2D eigenvalue weighted by Gasteiger charge is -1.97. The first kappa shape index (κ1) is 12.7. The molecule has 0 aromatic heterocycles. The Morgan fingerprint density at radius 1 is 1.06 bits per heavy atom. The van der Waals surface area contributed by atoms with Gasteiger partial charge in [0.15, 0.2) is 0 Å². The Hall–Kier alpha value is -0.770. The summed E-state index contributed by atoms with van der Waals surface area (Å²) < 4.78 is 5.36. The van der Waals surface area contributed by atoms with Crippen molar-refractivity contribution in [1.82, 2.24) is 0 Å². The highest BCUT2D eigenvalue weighted by molar-refractivity contribution is 9.10. The minimum Gasteiger partial charge on any atom is -0.219 e. The van der Waals surface area contributed by atoms with Crippen molar-refractivity contribution >= 4 is 45.7 Å². The maximum Gasteiger partial charge on any atom is 0.0560 e. The van der Waals surface area contributed by atoms with Crippen molar-refractivity contribution in [3.8, 4) is 0 Å². The van der Waals surface area contributed by atoms with E-state index in [4.69, 9.17) is 11.6 Å². The first-order chi connectivity index (χ1) is 8.25. The molecule has 0 unspecified atom stereocenters. The molecule has 0 N–H and O–H groups in total. The van der Waals surface area contributed by atoms with E-state index in [0.29, 0.717) is 0 Å². The van der Waals surface area contributed by atoms with Crippen LogP contribution in [0.4, 0.5) is 0 Å². The summed E-state index contributed by atoms with van der Waals surface area (Å²) in [5.41, 5.74) is 1.06. The average Bonchev–Trinajstić information content (AvgIpc) is 2.34. The standard InChI is InChI=1S/C13H9BrClNS/c14-11-7-5-10(6-8-11)9-16-17-13-4-2-1-3-12(13)15/h1-9H/b16-9+. The number of hydrogen-bond donors (Lipinski definition) is 0. The number of hydrogen-bond acceptors (Lipinski definition) is 2. The number of rotatable bonds is 3. The molecule has 4 heteroatoms. The zero-order valence-electron chi connectivity index (χ0n) is 8.81. The third-order valence-electron chi connectivity index (χ3n) is 2.06. The summed E-state index contributed by atoms with van der Waals surface area (Å²) in [5, 5.41) is 0.727. The van der Waals surface area contributed by atoms with E-state index in [2.05, 4.69) is 20.3 Å². The van der Waals surface area contributed by atoms with Crippen LogP contribution in [0.3, 0.4) is 0 Å². The first-order valence-electron chi connectivity index (χ1n) is 4.96. The molecule has 1 nitrogen and oxygen atoms in total. The van der Waals surface area contributed by atoms with Crippen molar-refractivity contribution in [3.05, 3.63) is 63.6 Å². The van der Waals surface area contributed by atoms with Gasteiger partial charge in [-0.2, -0.15) is 0 Å². The number of nitrogens with zero attached hydrogens (tertiary/aromatic N) is 1. The van der Waals surface area contributed by atoms with E-state index in [1.54, 1.807) is 0 Å². The van der Waals surface area contributed by atoms with Crippen molar-refractivity contribution in [2.45, 2.75) is 4.90 Å². The monoisotopic (exact) mass is 325 g/mol. The summed E-state index contributed by atoms with van der Waals surface area (Å²) >= 11 is 10.8. The van der Waals surface area contributed by atoms with E-state index in [1.165, 1.54) is 11.9 Å². The molecule has 86 valence electrons. The Balaban J connectivity index is 2.03. The van der Waals surface area contributed by atoms with Gasteiger partial charge in [0, 0.05) is 27.5 Å². The van der Waals surface area contributed by atoms with E-state index in [9.17, 15) is 0 Å². The Morgan fingerprint density at radius 2 is 1.76 bits per heavy atom. The Kier molecular flexibility index (Phi) is 4.66. The van der Waals surface area contributed by atoms with Gasteiger partial charge < -0.3 is 0 Å². The van der Waals surface area contributed by atoms with Gasteiger partial charge in [-0.3, -0.25) is 0 Å². The van der Waals surface area contributed by atoms with Crippen LogP contribution in [-0.2, 0) is 0 Å². The molecule has 0 heterocycles. The largest absolute Gasteiger partial charge is 0.219 e. The smallest absolute Gasteiger partial charge is 0.0560 e. The number of benzene rings is 2. The third-order valence-corrected chi connectivity index (χ3v) is 3.79. The molecule has 0 spiro atoms. The maximum absolute atomic E-state index is 6.03. The third kappa shape index (κ3) is 3.87. The van der Waals surface area contributed by atoms with Gasteiger partial charge in [0.05, 0.1) is 5.02 Å². The van der Waals surface area contributed by atoms with Gasteiger partial charge in [-0.25, -0.2) is 4.40 Å². The highest BCUT2D eigenvalue weighted by Crippen LogP contribution is 2.27. The van der Waals surface area contributed by atoms with Crippen LogP contribution in [-0.4, -0.2) is 6.21 Å². The fourth-order valence-electron chi connectivity index (χ4n) is 1.21. The number of halogens is 2. The van der Waals surface area contributed by atoms with Crippen LogP contribution in [0.1, 0.15) is 5.56 Å². The fraction of sp³-hybridized carbons (Fsp3) is 0. The Morgan fingerprint density at radius 3 is 2.47 bits per heavy atom. The summed E-state index contributed by atoms with van der Waals surface area (Å²) in [5.74, 6) is 0. The quantitative estimate of drug-likeness (QED) is 0.556. The molecule has 0 saturated carbocycles. The van der Waals surface area contributed by atoms with Crippen molar-refractivity contribution in [2.24, 2.45) is 4.40 Å². The van der Waals surface area contributed by atoms with Crippen LogP contribution in [0.2, 0.25) is 5.02 Å². The minimum absolute atomic E-state index is 0.727. The van der Waals surface area contributed by atoms with Gasteiger partial charge in [0.25, 0.3) is 0 Å². The zero-order valence-corrected chi connectivity index (χ0v) is 12.0. The van der Waals surface area contributed by atoms with Crippen LogP contribution in [0.5, 0.6) is 0 Å². The highest BCUT2D eigenvalue weighted by Gasteiger charge is 1.97. The van der Waals surface area contributed by atoms with Crippen LogP contribution < -0.4 is 0 Å². The summed E-state index contributed by atoms with van der Waals surface area (Å²) in [6, 6.07) is 15.6. The lowest BCUT2D eigenvalue weighted by atomic mass is 10.2. The highest BCUT2D eigenvalue weighted by atomic mass is 79.9. The van der Waals surface area contributed by atoms with E-state index in [-0.39, 0.29) is 0 Å². The topological polar surface area (TPSA) is 12.4 Å². The molecule has 17 heavy (non-hydrogen) atoms. The van der Waals surface area contributed by atoms with E-state index < -0.39 is 0 Å². The lowest BCUT2D eigenvalue weighted by molar-refractivity contribution is 1.46. The van der Waals surface area contributed by atoms with Gasteiger partial charge in [0.1, 0.15) is 0 Å². The molecule has 0 atom stereocenters. The molecule has 2 aromatic carbocycles. The molecule has 0 aliphatic carbocycles. The van der Waals surface area contributed by atoms with Gasteiger partial charge in [-0.1, -0.05) is 51.8 Å². The predicted molar refractivity (Wildman–Crippen MR) is 79.0 cm³/mol. The summed E-state index contributed by atoms with van der Waals surface area (Å²) in [4.78, 5) is 0.961. The molecule has 0 amide bonds. The Labute approximate surface area is 118 Å². The van der Waals surface area contributed by atoms with E-state index in [1.807, 2.05) is 54.7 Å². The molecule has 2 rings (SSSR count). The second kappa shape index (κ2) is 6.24. The molecule has 0 aliphatic rings. The van der Waals surface area contributed by atoms with Crippen LogP contribution in [0.25, 0.3) is 0 Å². The average molecular weight is 327 g/mol. The van der Waals surface area contributed by atoms with Crippen molar-refractivity contribution in [2.75, 3.05) is 0 Å². The maximum atomic E-state index is 6.03.